The Kier molecular flexibility index (Phi) is 3.79. The van der Waals surface area contributed by atoms with E-state index >= 15 is 0 Å². The van der Waals surface area contributed by atoms with E-state index in [2.05, 4.69) is 31.5 Å². The monoisotopic (exact) mass is 347 g/mol. The largest absolute Gasteiger partial charge is 0.479 e. The van der Waals surface area contributed by atoms with E-state index in [0.717, 1.165) is 15.7 Å². The maximum absolute atomic E-state index is 11.6. The Labute approximate surface area is 130 Å². The maximum Gasteiger partial charge on any atom is 0.265 e. The van der Waals surface area contributed by atoms with Crippen LogP contribution in [0.4, 0.5) is 11.4 Å². The number of anilines is 2. The van der Waals surface area contributed by atoms with Crippen LogP contribution in [0.3, 0.4) is 0 Å². The third-order valence-electron chi connectivity index (χ3n) is 3.17. The van der Waals surface area contributed by atoms with Crippen molar-refractivity contribution in [3.8, 4) is 5.75 Å². The number of benzene rings is 1. The number of carbonyl (C=O) groups excluding carboxylic acids is 1. The highest BCUT2D eigenvalue weighted by atomic mass is 79.9. The Hall–Kier alpha value is -2.08. The van der Waals surface area contributed by atoms with Gasteiger partial charge in [0, 0.05) is 29.1 Å². The first-order valence-electron chi connectivity index (χ1n) is 6.57. The third-order valence-corrected chi connectivity index (χ3v) is 3.60. The number of aromatic nitrogens is 1. The number of carbonyl (C=O) groups is 1. The van der Waals surface area contributed by atoms with Gasteiger partial charge in [0.1, 0.15) is 5.75 Å². The van der Waals surface area contributed by atoms with E-state index in [4.69, 9.17) is 4.74 Å². The van der Waals surface area contributed by atoms with E-state index in [1.807, 2.05) is 30.5 Å². The summed E-state index contributed by atoms with van der Waals surface area (Å²) in [7, 11) is 0. The quantitative estimate of drug-likeness (QED) is 0.894. The van der Waals surface area contributed by atoms with Gasteiger partial charge in [0.05, 0.1) is 5.69 Å². The first kappa shape index (κ1) is 13.9. The van der Waals surface area contributed by atoms with Crippen LogP contribution in [0.1, 0.15) is 12.5 Å². The highest BCUT2D eigenvalue weighted by molar-refractivity contribution is 9.10. The molecule has 1 aromatic heterocycles. The minimum absolute atomic E-state index is 0.129. The fourth-order valence-electron chi connectivity index (χ4n) is 2.08. The predicted molar refractivity (Wildman–Crippen MR) is 84.4 cm³/mol. The Balaban J connectivity index is 1.73. The van der Waals surface area contributed by atoms with Crippen molar-refractivity contribution in [2.24, 2.45) is 0 Å². The second-order valence-electron chi connectivity index (χ2n) is 4.83. The first-order valence-corrected chi connectivity index (χ1v) is 7.36. The van der Waals surface area contributed by atoms with Crippen LogP contribution in [0.25, 0.3) is 0 Å². The average molecular weight is 348 g/mol. The summed E-state index contributed by atoms with van der Waals surface area (Å²) in [5.41, 5.74) is 2.67. The Morgan fingerprint density at radius 1 is 1.38 bits per heavy atom. The topological polar surface area (TPSA) is 63.2 Å². The van der Waals surface area contributed by atoms with Crippen LogP contribution in [-0.2, 0) is 11.3 Å². The van der Waals surface area contributed by atoms with Crippen LogP contribution < -0.4 is 15.4 Å². The van der Waals surface area contributed by atoms with Crippen LogP contribution in [0, 0.1) is 0 Å². The molecule has 0 saturated heterocycles. The predicted octanol–water partition coefficient (Wildman–Crippen LogP) is 3.18. The molecule has 21 heavy (non-hydrogen) atoms. The molecule has 0 radical (unpaired) electrons. The van der Waals surface area contributed by atoms with Gasteiger partial charge in [-0.25, -0.2) is 0 Å². The van der Waals surface area contributed by atoms with Gasteiger partial charge >= 0.3 is 0 Å². The molecular formula is C15H14BrN3O2. The number of rotatable bonds is 3. The maximum atomic E-state index is 11.6. The van der Waals surface area contributed by atoms with Crippen molar-refractivity contribution < 1.29 is 9.53 Å². The molecule has 5 nitrogen and oxygen atoms in total. The standard InChI is InChI=1S/C15H14BrN3O2/c1-9-15(20)19-13-5-12(2-3-14(13)21-9)18-7-10-4-11(16)8-17-6-10/h2-6,8-9,18H,7H2,1H3,(H,19,20). The summed E-state index contributed by atoms with van der Waals surface area (Å²) in [4.78, 5) is 15.7. The smallest absolute Gasteiger partial charge is 0.265 e. The van der Waals surface area contributed by atoms with Crippen LogP contribution >= 0.6 is 15.9 Å². The van der Waals surface area contributed by atoms with Gasteiger partial charge < -0.3 is 15.4 Å². The van der Waals surface area contributed by atoms with Crippen molar-refractivity contribution in [2.75, 3.05) is 10.6 Å². The highest BCUT2D eigenvalue weighted by Crippen LogP contribution is 2.32. The van der Waals surface area contributed by atoms with E-state index in [-0.39, 0.29) is 5.91 Å². The van der Waals surface area contributed by atoms with Gasteiger partial charge in [0.2, 0.25) is 0 Å². The highest BCUT2D eigenvalue weighted by Gasteiger charge is 2.23. The van der Waals surface area contributed by atoms with Crippen LogP contribution in [0.5, 0.6) is 5.75 Å². The molecule has 2 aromatic rings. The van der Waals surface area contributed by atoms with Crippen molar-refractivity contribution in [3.63, 3.8) is 0 Å². The second-order valence-corrected chi connectivity index (χ2v) is 5.74. The molecule has 3 rings (SSSR count). The zero-order valence-electron chi connectivity index (χ0n) is 11.4. The SMILES string of the molecule is CC1Oc2ccc(NCc3cncc(Br)c3)cc2NC1=O. The summed E-state index contributed by atoms with van der Waals surface area (Å²) in [6, 6.07) is 7.65. The number of ether oxygens (including phenoxy) is 1. The number of halogens is 1. The minimum Gasteiger partial charge on any atom is -0.479 e. The summed E-state index contributed by atoms with van der Waals surface area (Å²) in [6.45, 7) is 2.38. The summed E-state index contributed by atoms with van der Waals surface area (Å²) < 4.78 is 6.47. The van der Waals surface area contributed by atoms with Gasteiger partial charge in [0.15, 0.2) is 6.10 Å². The van der Waals surface area contributed by atoms with Gasteiger partial charge in [-0.1, -0.05) is 0 Å². The van der Waals surface area contributed by atoms with Crippen molar-refractivity contribution >= 4 is 33.2 Å². The lowest BCUT2D eigenvalue weighted by atomic mass is 10.2. The lowest BCUT2D eigenvalue weighted by Gasteiger charge is -2.23. The van der Waals surface area contributed by atoms with Crippen molar-refractivity contribution in [1.29, 1.82) is 0 Å². The molecule has 0 spiro atoms. The molecule has 0 bridgehead atoms. The molecule has 0 fully saturated rings. The van der Waals surface area contributed by atoms with Crippen molar-refractivity contribution in [3.05, 3.63) is 46.7 Å². The van der Waals surface area contributed by atoms with Gasteiger partial charge in [-0.05, 0) is 52.7 Å². The number of hydrogen-bond acceptors (Lipinski definition) is 4. The van der Waals surface area contributed by atoms with Gasteiger partial charge in [0.25, 0.3) is 5.91 Å². The average Bonchev–Trinajstić information content (AvgIpc) is 2.46. The zero-order valence-corrected chi connectivity index (χ0v) is 13.0. The molecule has 1 amide bonds. The zero-order chi connectivity index (χ0) is 14.8. The molecule has 2 N–H and O–H groups in total. The first-order chi connectivity index (χ1) is 10.1. The molecule has 1 aromatic carbocycles. The van der Waals surface area contributed by atoms with E-state index < -0.39 is 6.10 Å². The molecular weight excluding hydrogens is 334 g/mol. The van der Waals surface area contributed by atoms with E-state index in [1.165, 1.54) is 0 Å². The van der Waals surface area contributed by atoms with Gasteiger partial charge in [-0.2, -0.15) is 0 Å². The molecule has 1 unspecified atom stereocenters. The summed E-state index contributed by atoms with van der Waals surface area (Å²) in [6.07, 6.45) is 3.10. The molecule has 0 saturated carbocycles. The molecule has 0 aliphatic carbocycles. The molecule has 6 heteroatoms. The molecule has 108 valence electrons. The normalized spacial score (nSPS) is 16.7. The van der Waals surface area contributed by atoms with Crippen LogP contribution in [-0.4, -0.2) is 17.0 Å². The lowest BCUT2D eigenvalue weighted by Crippen LogP contribution is -2.34. The fourth-order valence-corrected chi connectivity index (χ4v) is 2.49. The number of fused-ring (bicyclic) bond motifs is 1. The van der Waals surface area contributed by atoms with Gasteiger partial charge in [-0.15, -0.1) is 0 Å². The summed E-state index contributed by atoms with van der Waals surface area (Å²) in [5.74, 6) is 0.563. The Morgan fingerprint density at radius 2 is 2.24 bits per heavy atom. The molecule has 2 heterocycles. The molecule has 1 aliphatic heterocycles. The van der Waals surface area contributed by atoms with Crippen LogP contribution in [0.2, 0.25) is 0 Å². The number of nitrogens with one attached hydrogen (secondary N) is 2. The molecule has 1 atom stereocenters. The summed E-state index contributed by atoms with van der Waals surface area (Å²) >= 11 is 3.40. The minimum atomic E-state index is -0.455. The summed E-state index contributed by atoms with van der Waals surface area (Å²) in [5, 5.41) is 6.13. The lowest BCUT2D eigenvalue weighted by molar-refractivity contribution is -0.122. The van der Waals surface area contributed by atoms with E-state index in [0.29, 0.717) is 18.0 Å². The van der Waals surface area contributed by atoms with Crippen molar-refractivity contribution in [2.45, 2.75) is 19.6 Å². The van der Waals surface area contributed by atoms with Crippen LogP contribution in [0.15, 0.2) is 41.1 Å². The van der Waals surface area contributed by atoms with Crippen molar-refractivity contribution in [1.82, 2.24) is 4.98 Å². The Bertz CT molecular complexity index is 690. The Morgan fingerprint density at radius 3 is 3.05 bits per heavy atom. The molecule has 1 aliphatic rings. The van der Waals surface area contributed by atoms with Gasteiger partial charge in [-0.3, -0.25) is 9.78 Å². The fraction of sp³-hybridized carbons (Fsp3) is 0.200. The second kappa shape index (κ2) is 5.73. The third kappa shape index (κ3) is 3.16. The number of hydrogen-bond donors (Lipinski definition) is 2. The van der Waals surface area contributed by atoms with E-state index in [9.17, 15) is 4.79 Å². The number of amides is 1. The van der Waals surface area contributed by atoms with E-state index in [1.54, 1.807) is 13.1 Å². The number of pyridine rings is 1. The number of nitrogens with zero attached hydrogens (tertiary/aromatic N) is 1.